The minimum atomic E-state index is 0.247. The van der Waals surface area contributed by atoms with E-state index < -0.39 is 0 Å². The predicted octanol–water partition coefficient (Wildman–Crippen LogP) is 2.90. The molecule has 6 heteroatoms. The molecule has 1 aliphatic rings. The maximum absolute atomic E-state index is 5.95. The fourth-order valence-electron chi connectivity index (χ4n) is 2.78. The van der Waals surface area contributed by atoms with Gasteiger partial charge in [0.2, 0.25) is 5.88 Å². The molecule has 0 amide bonds. The number of likely N-dealkylation sites (tertiary alicyclic amines) is 1. The quantitative estimate of drug-likeness (QED) is 0.867. The Hall–Kier alpha value is -1.53. The number of aromatic nitrogens is 3. The van der Waals surface area contributed by atoms with E-state index in [0.717, 1.165) is 43.2 Å². The Morgan fingerprint density at radius 2 is 1.95 bits per heavy atom. The van der Waals surface area contributed by atoms with Crippen LogP contribution in [0.3, 0.4) is 0 Å². The Balaban J connectivity index is 1.51. The highest BCUT2D eigenvalue weighted by molar-refractivity contribution is 7.11. The van der Waals surface area contributed by atoms with E-state index in [2.05, 4.69) is 33.7 Å². The summed E-state index contributed by atoms with van der Waals surface area (Å²) in [5.41, 5.74) is 2.07. The highest BCUT2D eigenvalue weighted by Gasteiger charge is 2.22. The first-order chi connectivity index (χ1) is 10.6. The summed E-state index contributed by atoms with van der Waals surface area (Å²) >= 11 is 1.81. The van der Waals surface area contributed by atoms with Crippen molar-refractivity contribution in [3.05, 3.63) is 33.7 Å². The molecule has 0 N–H and O–H groups in total. The van der Waals surface area contributed by atoms with Gasteiger partial charge in [0.1, 0.15) is 6.10 Å². The summed E-state index contributed by atoms with van der Waals surface area (Å²) in [7, 11) is 0. The second-order valence-corrected chi connectivity index (χ2v) is 7.12. The fourth-order valence-corrected chi connectivity index (χ4v) is 3.76. The molecule has 1 saturated heterocycles. The van der Waals surface area contributed by atoms with Crippen molar-refractivity contribution in [2.75, 3.05) is 13.1 Å². The number of aryl methyl sites for hydroxylation is 3. The van der Waals surface area contributed by atoms with E-state index in [9.17, 15) is 0 Å². The summed E-state index contributed by atoms with van der Waals surface area (Å²) in [6.45, 7) is 9.23. The Morgan fingerprint density at radius 1 is 1.18 bits per heavy atom. The van der Waals surface area contributed by atoms with Crippen molar-refractivity contribution in [1.82, 2.24) is 19.9 Å². The Kier molecular flexibility index (Phi) is 4.69. The van der Waals surface area contributed by atoms with Crippen LogP contribution in [0.5, 0.6) is 5.88 Å². The van der Waals surface area contributed by atoms with Gasteiger partial charge in [0.05, 0.1) is 22.6 Å². The van der Waals surface area contributed by atoms with Gasteiger partial charge in [-0.1, -0.05) is 0 Å². The van der Waals surface area contributed by atoms with E-state index in [4.69, 9.17) is 4.74 Å². The maximum atomic E-state index is 5.95. The van der Waals surface area contributed by atoms with E-state index in [-0.39, 0.29) is 6.10 Å². The number of nitrogens with zero attached hydrogens (tertiary/aromatic N) is 4. The molecule has 1 fully saturated rings. The number of rotatable bonds is 4. The molecule has 118 valence electrons. The smallest absolute Gasteiger partial charge is 0.232 e. The lowest BCUT2D eigenvalue weighted by Gasteiger charge is -2.31. The third-order valence-corrected chi connectivity index (χ3v) is 4.98. The summed E-state index contributed by atoms with van der Waals surface area (Å²) in [5, 5.41) is 1.16. The summed E-state index contributed by atoms with van der Waals surface area (Å²) < 4.78 is 5.95. The van der Waals surface area contributed by atoms with Crippen molar-refractivity contribution >= 4 is 11.3 Å². The number of ether oxygens (including phenoxy) is 1. The molecule has 2 aromatic rings. The molecular formula is C16H22N4OS. The van der Waals surface area contributed by atoms with Crippen LogP contribution in [0, 0.1) is 20.8 Å². The molecule has 0 saturated carbocycles. The first kappa shape index (κ1) is 15.4. The van der Waals surface area contributed by atoms with E-state index in [1.54, 1.807) is 12.4 Å². The van der Waals surface area contributed by atoms with E-state index >= 15 is 0 Å². The minimum Gasteiger partial charge on any atom is -0.473 e. The third kappa shape index (κ3) is 3.81. The van der Waals surface area contributed by atoms with Crippen molar-refractivity contribution in [2.45, 2.75) is 46.3 Å². The Bertz CT molecular complexity index is 635. The van der Waals surface area contributed by atoms with Gasteiger partial charge in [-0.2, -0.15) is 0 Å². The maximum Gasteiger partial charge on any atom is 0.232 e. The lowest BCUT2D eigenvalue weighted by molar-refractivity contribution is 0.0931. The highest BCUT2D eigenvalue weighted by Crippen LogP contribution is 2.22. The average Bonchev–Trinajstić information content (AvgIpc) is 2.79. The van der Waals surface area contributed by atoms with Gasteiger partial charge >= 0.3 is 0 Å². The third-order valence-electron chi connectivity index (χ3n) is 3.92. The number of piperidine rings is 1. The summed E-state index contributed by atoms with van der Waals surface area (Å²) in [5.74, 6) is 0.646. The van der Waals surface area contributed by atoms with Gasteiger partial charge in [-0.25, -0.2) is 9.97 Å². The fraction of sp³-hybridized carbons (Fsp3) is 0.562. The van der Waals surface area contributed by atoms with Crippen LogP contribution >= 0.6 is 11.3 Å². The van der Waals surface area contributed by atoms with E-state index in [1.165, 1.54) is 10.6 Å². The molecule has 0 aliphatic carbocycles. The van der Waals surface area contributed by atoms with Gasteiger partial charge < -0.3 is 4.74 Å². The first-order valence-electron chi connectivity index (χ1n) is 7.70. The molecule has 5 nitrogen and oxygen atoms in total. The molecule has 0 atom stereocenters. The molecule has 0 unspecified atom stereocenters. The van der Waals surface area contributed by atoms with Gasteiger partial charge in [0.25, 0.3) is 0 Å². The van der Waals surface area contributed by atoms with Crippen molar-refractivity contribution in [3.8, 4) is 5.88 Å². The topological polar surface area (TPSA) is 51.1 Å². The molecule has 1 aliphatic heterocycles. The zero-order valence-electron chi connectivity index (χ0n) is 13.4. The van der Waals surface area contributed by atoms with Gasteiger partial charge in [-0.3, -0.25) is 9.88 Å². The molecule has 3 rings (SSSR count). The van der Waals surface area contributed by atoms with Crippen LogP contribution in [0.25, 0.3) is 0 Å². The monoisotopic (exact) mass is 318 g/mol. The zero-order valence-corrected chi connectivity index (χ0v) is 14.2. The predicted molar refractivity (Wildman–Crippen MR) is 87.3 cm³/mol. The van der Waals surface area contributed by atoms with Crippen molar-refractivity contribution < 1.29 is 4.74 Å². The van der Waals surface area contributed by atoms with Gasteiger partial charge in [0, 0.05) is 30.7 Å². The summed E-state index contributed by atoms with van der Waals surface area (Å²) in [6, 6.07) is 0. The van der Waals surface area contributed by atoms with Gasteiger partial charge in [0.15, 0.2) is 0 Å². The number of thiazole rings is 1. The molecule has 0 aromatic carbocycles. The second-order valence-electron chi connectivity index (χ2n) is 5.83. The molecular weight excluding hydrogens is 296 g/mol. The van der Waals surface area contributed by atoms with Crippen molar-refractivity contribution in [3.63, 3.8) is 0 Å². The first-order valence-corrected chi connectivity index (χ1v) is 8.52. The van der Waals surface area contributed by atoms with E-state index in [0.29, 0.717) is 5.88 Å². The highest BCUT2D eigenvalue weighted by atomic mass is 32.1. The molecule has 2 aromatic heterocycles. The van der Waals surface area contributed by atoms with Crippen molar-refractivity contribution in [1.29, 1.82) is 0 Å². The lowest BCUT2D eigenvalue weighted by atomic mass is 10.1. The van der Waals surface area contributed by atoms with Crippen LogP contribution in [-0.4, -0.2) is 39.0 Å². The SMILES string of the molecule is Cc1cncc(OC2CCN(Cc3sc(C)nc3C)CC2)n1. The van der Waals surface area contributed by atoms with Crippen LogP contribution in [0.1, 0.15) is 34.1 Å². The lowest BCUT2D eigenvalue weighted by Crippen LogP contribution is -2.37. The van der Waals surface area contributed by atoms with Gasteiger partial charge in [-0.15, -0.1) is 11.3 Å². The van der Waals surface area contributed by atoms with Crippen molar-refractivity contribution in [2.24, 2.45) is 0 Å². The number of hydrogen-bond acceptors (Lipinski definition) is 6. The summed E-state index contributed by atoms with van der Waals surface area (Å²) in [4.78, 5) is 16.9. The van der Waals surface area contributed by atoms with Gasteiger partial charge in [-0.05, 0) is 33.6 Å². The Morgan fingerprint density at radius 3 is 2.59 bits per heavy atom. The summed E-state index contributed by atoms with van der Waals surface area (Å²) in [6.07, 6.45) is 5.76. The molecule has 0 radical (unpaired) electrons. The molecule has 0 bridgehead atoms. The van der Waals surface area contributed by atoms with Crippen LogP contribution in [-0.2, 0) is 6.54 Å². The average molecular weight is 318 g/mol. The van der Waals surface area contributed by atoms with Crippen LogP contribution in [0.15, 0.2) is 12.4 Å². The van der Waals surface area contributed by atoms with Crippen LogP contribution in [0.2, 0.25) is 0 Å². The largest absolute Gasteiger partial charge is 0.473 e. The normalized spacial score (nSPS) is 16.9. The van der Waals surface area contributed by atoms with Crippen LogP contribution in [0.4, 0.5) is 0 Å². The molecule has 0 spiro atoms. The van der Waals surface area contributed by atoms with E-state index in [1.807, 2.05) is 18.3 Å². The number of hydrogen-bond donors (Lipinski definition) is 0. The second kappa shape index (κ2) is 6.71. The minimum absolute atomic E-state index is 0.247. The zero-order chi connectivity index (χ0) is 15.5. The standard InChI is InChI=1S/C16H22N4OS/c1-11-8-17-9-16(18-11)21-14-4-6-20(7-5-14)10-15-12(2)19-13(3)22-15/h8-9,14H,4-7,10H2,1-3H3. The molecule has 3 heterocycles. The Labute approximate surface area is 135 Å². The van der Waals surface area contributed by atoms with Crippen LogP contribution < -0.4 is 4.74 Å². The molecule has 22 heavy (non-hydrogen) atoms.